The van der Waals surface area contributed by atoms with Crippen molar-refractivity contribution in [2.24, 2.45) is 18.9 Å². The molecule has 0 unspecified atom stereocenters. The minimum absolute atomic E-state index is 0.0845. The summed E-state index contributed by atoms with van der Waals surface area (Å²) < 4.78 is 13.0. The van der Waals surface area contributed by atoms with E-state index in [-0.39, 0.29) is 24.4 Å². The Balaban J connectivity index is 1.42. The lowest BCUT2D eigenvalue weighted by Crippen LogP contribution is -2.29. The molecule has 2 aromatic rings. The maximum atomic E-state index is 12.3. The Morgan fingerprint density at radius 1 is 1.22 bits per heavy atom. The average molecular weight is 443 g/mol. The molecule has 32 heavy (non-hydrogen) atoms. The largest absolute Gasteiger partial charge is 0.489 e. The van der Waals surface area contributed by atoms with Crippen LogP contribution in [0.4, 0.5) is 0 Å². The first-order valence-electron chi connectivity index (χ1n) is 11.3. The van der Waals surface area contributed by atoms with Crippen LogP contribution in [-0.4, -0.2) is 49.7 Å². The van der Waals surface area contributed by atoms with Gasteiger partial charge in [0.1, 0.15) is 11.4 Å². The van der Waals surface area contributed by atoms with E-state index in [1.54, 1.807) is 17.8 Å². The van der Waals surface area contributed by atoms with E-state index in [0.717, 1.165) is 19.3 Å². The van der Waals surface area contributed by atoms with Gasteiger partial charge in [0.2, 0.25) is 0 Å². The number of hydrogen-bond donors (Lipinski definition) is 1. The number of pyridine rings is 1. The number of carbonyl (C=O) groups excluding carboxylic acids is 1. The van der Waals surface area contributed by atoms with Crippen molar-refractivity contribution in [3.05, 3.63) is 23.5 Å². The first-order chi connectivity index (χ1) is 15.4. The van der Waals surface area contributed by atoms with Gasteiger partial charge in [-0.1, -0.05) is 18.1 Å². The molecule has 172 valence electrons. The molecule has 9 nitrogen and oxygen atoms in total. The molecule has 4 rings (SSSR count). The van der Waals surface area contributed by atoms with Crippen LogP contribution in [0.2, 0.25) is 0 Å². The zero-order valence-electron chi connectivity index (χ0n) is 18.6. The number of carbonyl (C=O) groups is 2. The first kappa shape index (κ1) is 22.2. The molecule has 2 atom stereocenters. The molecule has 2 saturated carbocycles. The summed E-state index contributed by atoms with van der Waals surface area (Å²) in [5.74, 6) is -0.0561. The van der Waals surface area contributed by atoms with Crippen LogP contribution in [0.1, 0.15) is 56.3 Å². The number of aryl methyl sites for hydroxylation is 2. The van der Waals surface area contributed by atoms with Crippen LogP contribution in [0.3, 0.4) is 0 Å². The number of hydrogen-bond acceptors (Lipinski definition) is 7. The minimum atomic E-state index is -0.759. The molecule has 2 aromatic heterocycles. The SMILES string of the molecule is Cc1nc(-c2nnn(C)c2CC(=O)OCCC2CC2)ccc1O[C@H]1CCC[C@H](C(=O)O)C1. The third-order valence-corrected chi connectivity index (χ3v) is 6.29. The van der Waals surface area contributed by atoms with E-state index < -0.39 is 5.97 Å². The molecule has 9 heteroatoms. The van der Waals surface area contributed by atoms with Gasteiger partial charge in [-0.15, -0.1) is 5.10 Å². The Morgan fingerprint density at radius 3 is 2.75 bits per heavy atom. The predicted octanol–water partition coefficient (Wildman–Crippen LogP) is 3.09. The van der Waals surface area contributed by atoms with Crippen molar-refractivity contribution in [2.75, 3.05) is 6.61 Å². The number of carboxylic acids is 1. The van der Waals surface area contributed by atoms with Crippen LogP contribution >= 0.6 is 0 Å². The fraction of sp³-hybridized carbons (Fsp3) is 0.609. The number of ether oxygens (including phenoxy) is 2. The van der Waals surface area contributed by atoms with Gasteiger partial charge in [0.25, 0.3) is 0 Å². The fourth-order valence-corrected chi connectivity index (χ4v) is 4.17. The molecule has 0 saturated heterocycles. The minimum Gasteiger partial charge on any atom is -0.489 e. The summed E-state index contributed by atoms with van der Waals surface area (Å²) in [6, 6.07) is 3.63. The highest BCUT2D eigenvalue weighted by atomic mass is 16.5. The van der Waals surface area contributed by atoms with Crippen molar-refractivity contribution in [2.45, 2.75) is 64.4 Å². The Hall–Kier alpha value is -2.97. The number of esters is 1. The van der Waals surface area contributed by atoms with Crippen molar-refractivity contribution < 1.29 is 24.2 Å². The monoisotopic (exact) mass is 442 g/mol. The van der Waals surface area contributed by atoms with Crippen molar-refractivity contribution in [1.29, 1.82) is 0 Å². The van der Waals surface area contributed by atoms with Gasteiger partial charge in [0.05, 0.1) is 42.1 Å². The first-order valence-corrected chi connectivity index (χ1v) is 11.3. The Kier molecular flexibility index (Phi) is 6.72. The summed E-state index contributed by atoms with van der Waals surface area (Å²) >= 11 is 0. The van der Waals surface area contributed by atoms with Crippen LogP contribution in [0, 0.1) is 18.8 Å². The van der Waals surface area contributed by atoms with E-state index >= 15 is 0 Å². The van der Waals surface area contributed by atoms with E-state index in [9.17, 15) is 14.7 Å². The van der Waals surface area contributed by atoms with E-state index in [0.29, 0.717) is 53.9 Å². The van der Waals surface area contributed by atoms with Crippen molar-refractivity contribution >= 4 is 11.9 Å². The zero-order valence-corrected chi connectivity index (χ0v) is 18.6. The van der Waals surface area contributed by atoms with Crippen molar-refractivity contribution in [1.82, 2.24) is 20.0 Å². The number of aromatic nitrogens is 4. The third-order valence-electron chi connectivity index (χ3n) is 6.29. The highest BCUT2D eigenvalue weighted by molar-refractivity contribution is 5.75. The lowest BCUT2D eigenvalue weighted by atomic mass is 9.87. The van der Waals surface area contributed by atoms with E-state index in [1.807, 2.05) is 13.0 Å². The van der Waals surface area contributed by atoms with Gasteiger partial charge in [-0.25, -0.2) is 4.98 Å². The van der Waals surface area contributed by atoms with Crippen LogP contribution < -0.4 is 4.74 Å². The van der Waals surface area contributed by atoms with Crippen LogP contribution in [0.15, 0.2) is 12.1 Å². The Morgan fingerprint density at radius 2 is 2.03 bits per heavy atom. The molecule has 0 aromatic carbocycles. The highest BCUT2D eigenvalue weighted by Gasteiger charge is 2.29. The molecule has 0 spiro atoms. The van der Waals surface area contributed by atoms with E-state index in [1.165, 1.54) is 12.8 Å². The number of carboxylic acid groups (broad SMARTS) is 1. The van der Waals surface area contributed by atoms with Gasteiger partial charge < -0.3 is 14.6 Å². The number of rotatable bonds is 9. The van der Waals surface area contributed by atoms with Gasteiger partial charge in [-0.2, -0.15) is 0 Å². The topological polar surface area (TPSA) is 116 Å². The third kappa shape index (κ3) is 5.44. The predicted molar refractivity (Wildman–Crippen MR) is 115 cm³/mol. The standard InChI is InChI=1S/C23H30N4O5/c1-14-20(32-17-5-3-4-16(12-17)23(29)30)9-8-18(24-14)22-19(27(2)26-25-22)13-21(28)31-11-10-15-6-7-15/h8-9,15-17H,3-7,10-13H2,1-2H3,(H,29,30)/t16-,17-/m0/s1. The molecule has 1 N–H and O–H groups in total. The number of aliphatic carboxylic acids is 1. The maximum absolute atomic E-state index is 12.3. The van der Waals surface area contributed by atoms with Gasteiger partial charge in [0, 0.05) is 7.05 Å². The molecule has 0 bridgehead atoms. The van der Waals surface area contributed by atoms with Gasteiger partial charge >= 0.3 is 11.9 Å². The van der Waals surface area contributed by atoms with Gasteiger partial charge in [-0.05, 0) is 57.1 Å². The summed E-state index contributed by atoms with van der Waals surface area (Å²) in [6.07, 6.45) is 6.23. The quantitative estimate of drug-likeness (QED) is 0.589. The molecule has 2 heterocycles. The molecule has 2 aliphatic carbocycles. The van der Waals surface area contributed by atoms with E-state index in [4.69, 9.17) is 9.47 Å². The van der Waals surface area contributed by atoms with Gasteiger partial charge in [0.15, 0.2) is 0 Å². The lowest BCUT2D eigenvalue weighted by molar-refractivity contribution is -0.144. The van der Waals surface area contributed by atoms with Crippen LogP contribution in [0.5, 0.6) is 5.75 Å². The fourth-order valence-electron chi connectivity index (χ4n) is 4.17. The van der Waals surface area contributed by atoms with E-state index in [2.05, 4.69) is 15.3 Å². The second kappa shape index (κ2) is 9.67. The Labute approximate surface area is 187 Å². The molecular formula is C23H30N4O5. The number of nitrogens with zero attached hydrogens (tertiary/aromatic N) is 4. The molecule has 0 amide bonds. The van der Waals surface area contributed by atoms with Crippen LogP contribution in [-0.2, 0) is 27.8 Å². The second-order valence-corrected chi connectivity index (χ2v) is 8.86. The summed E-state index contributed by atoms with van der Waals surface area (Å²) in [5.41, 5.74) is 2.49. The normalized spacial score (nSPS) is 20.7. The van der Waals surface area contributed by atoms with Crippen molar-refractivity contribution in [3.8, 4) is 17.1 Å². The van der Waals surface area contributed by atoms with Crippen molar-refractivity contribution in [3.63, 3.8) is 0 Å². The molecule has 2 fully saturated rings. The summed E-state index contributed by atoms with van der Waals surface area (Å²) in [4.78, 5) is 28.2. The average Bonchev–Trinajstić information content (AvgIpc) is 3.52. The summed E-state index contributed by atoms with van der Waals surface area (Å²) in [5, 5.41) is 17.6. The second-order valence-electron chi connectivity index (χ2n) is 8.86. The Bertz CT molecular complexity index is 985. The molecule has 0 aliphatic heterocycles. The lowest BCUT2D eigenvalue weighted by Gasteiger charge is -2.27. The smallest absolute Gasteiger partial charge is 0.311 e. The maximum Gasteiger partial charge on any atom is 0.311 e. The highest BCUT2D eigenvalue weighted by Crippen LogP contribution is 2.32. The molecule has 0 radical (unpaired) electrons. The summed E-state index contributed by atoms with van der Waals surface area (Å²) in [7, 11) is 1.75. The van der Waals surface area contributed by atoms with Gasteiger partial charge in [-0.3, -0.25) is 14.3 Å². The summed E-state index contributed by atoms with van der Waals surface area (Å²) in [6.45, 7) is 2.30. The zero-order chi connectivity index (χ0) is 22.7. The van der Waals surface area contributed by atoms with Crippen LogP contribution in [0.25, 0.3) is 11.4 Å². The molecular weight excluding hydrogens is 412 g/mol. The molecule has 2 aliphatic rings.